The van der Waals surface area contributed by atoms with Crippen molar-refractivity contribution < 1.29 is 14.8 Å². The molecule has 0 bridgehead atoms. The summed E-state index contributed by atoms with van der Waals surface area (Å²) < 4.78 is 0. The average Bonchev–Trinajstić information content (AvgIpc) is 2.24. The first-order valence-corrected chi connectivity index (χ1v) is 5.59. The Bertz CT molecular complexity index is 618. The van der Waals surface area contributed by atoms with Crippen LogP contribution in [0.1, 0.15) is 31.9 Å². The Morgan fingerprint density at radius 2 is 1.35 bits per heavy atom. The molecule has 1 rings (SSSR count). The molecule has 0 aromatic heterocycles. The SMILES string of the molecule is Cc1cc([N+](=O)[O-])c([N+](=O)[O-])c([N+](=O)[O-])c1C(C)(C)C. The molecule has 0 atom stereocenters. The fraction of sp³-hybridized carbons (Fsp3) is 0.455. The van der Waals surface area contributed by atoms with Gasteiger partial charge in [-0.3, -0.25) is 30.3 Å². The van der Waals surface area contributed by atoms with E-state index in [1.54, 1.807) is 20.8 Å². The lowest BCUT2D eigenvalue weighted by Crippen LogP contribution is -2.17. The van der Waals surface area contributed by atoms with E-state index < -0.39 is 37.2 Å². The van der Waals surface area contributed by atoms with Gasteiger partial charge in [0.25, 0.3) is 0 Å². The summed E-state index contributed by atoms with van der Waals surface area (Å²) in [5.41, 5.74) is -3.11. The second kappa shape index (κ2) is 4.83. The van der Waals surface area contributed by atoms with Crippen molar-refractivity contribution in [2.24, 2.45) is 0 Å². The summed E-state index contributed by atoms with van der Waals surface area (Å²) in [5.74, 6) is 0. The van der Waals surface area contributed by atoms with Gasteiger partial charge in [-0.25, -0.2) is 0 Å². The molecule has 0 fully saturated rings. The number of nitro groups is 3. The van der Waals surface area contributed by atoms with Crippen LogP contribution in [0.25, 0.3) is 0 Å². The fourth-order valence-corrected chi connectivity index (χ4v) is 2.22. The van der Waals surface area contributed by atoms with Crippen LogP contribution in [0.4, 0.5) is 17.1 Å². The second-order valence-corrected chi connectivity index (χ2v) is 5.31. The van der Waals surface area contributed by atoms with E-state index in [0.717, 1.165) is 6.07 Å². The number of aryl methyl sites for hydroxylation is 1. The highest BCUT2D eigenvalue weighted by Gasteiger charge is 2.42. The van der Waals surface area contributed by atoms with E-state index in [1.807, 2.05) is 0 Å². The van der Waals surface area contributed by atoms with Crippen molar-refractivity contribution in [2.45, 2.75) is 33.1 Å². The summed E-state index contributed by atoms with van der Waals surface area (Å²) in [6, 6.07) is 1.01. The zero-order valence-corrected chi connectivity index (χ0v) is 11.4. The third-order valence-electron chi connectivity index (χ3n) is 2.76. The molecule has 0 radical (unpaired) electrons. The molecule has 0 saturated carbocycles. The predicted molar refractivity (Wildman–Crippen MR) is 69.8 cm³/mol. The number of rotatable bonds is 3. The van der Waals surface area contributed by atoms with E-state index in [9.17, 15) is 30.3 Å². The molecular formula is C11H13N3O6. The summed E-state index contributed by atoms with van der Waals surface area (Å²) >= 11 is 0. The molecule has 9 heteroatoms. The van der Waals surface area contributed by atoms with E-state index in [2.05, 4.69) is 0 Å². The molecule has 0 saturated heterocycles. The molecule has 0 N–H and O–H groups in total. The third kappa shape index (κ3) is 2.56. The van der Waals surface area contributed by atoms with Crippen LogP contribution in [0.15, 0.2) is 6.07 Å². The molecule has 1 aromatic carbocycles. The maximum atomic E-state index is 11.2. The Kier molecular flexibility index (Phi) is 3.74. The van der Waals surface area contributed by atoms with Crippen molar-refractivity contribution in [3.63, 3.8) is 0 Å². The molecule has 0 aliphatic rings. The normalized spacial score (nSPS) is 11.2. The van der Waals surface area contributed by atoms with Crippen molar-refractivity contribution in [3.8, 4) is 0 Å². The first-order chi connectivity index (χ1) is 8.98. The highest BCUT2D eigenvalue weighted by molar-refractivity contribution is 5.72. The fourth-order valence-electron chi connectivity index (χ4n) is 2.22. The first-order valence-electron chi connectivity index (χ1n) is 5.59. The van der Waals surface area contributed by atoms with Gasteiger partial charge in [0.05, 0.1) is 14.8 Å². The Balaban J connectivity index is 4.01. The Hall–Kier alpha value is -2.58. The van der Waals surface area contributed by atoms with Crippen LogP contribution >= 0.6 is 0 Å². The molecule has 20 heavy (non-hydrogen) atoms. The number of nitrogens with zero attached hydrogens (tertiary/aromatic N) is 3. The molecule has 9 nitrogen and oxygen atoms in total. The zero-order valence-electron chi connectivity index (χ0n) is 11.4. The summed E-state index contributed by atoms with van der Waals surface area (Å²) in [7, 11) is 0. The summed E-state index contributed by atoms with van der Waals surface area (Å²) in [5, 5.41) is 33.1. The highest BCUT2D eigenvalue weighted by Crippen LogP contribution is 2.45. The number of nitro benzene ring substituents is 3. The van der Waals surface area contributed by atoms with E-state index in [0.29, 0.717) is 0 Å². The smallest absolute Gasteiger partial charge is 0.258 e. The van der Waals surface area contributed by atoms with Crippen molar-refractivity contribution in [1.82, 2.24) is 0 Å². The minimum atomic E-state index is -1.08. The molecule has 108 valence electrons. The number of benzene rings is 1. The topological polar surface area (TPSA) is 129 Å². The van der Waals surface area contributed by atoms with Crippen molar-refractivity contribution in [1.29, 1.82) is 0 Å². The van der Waals surface area contributed by atoms with Gasteiger partial charge in [-0.1, -0.05) is 20.8 Å². The Labute approximate surface area is 113 Å². The van der Waals surface area contributed by atoms with Gasteiger partial charge in [0.2, 0.25) is 0 Å². The van der Waals surface area contributed by atoms with E-state index in [-0.39, 0.29) is 11.1 Å². The lowest BCUT2D eigenvalue weighted by atomic mass is 9.82. The Morgan fingerprint density at radius 3 is 1.65 bits per heavy atom. The zero-order chi connectivity index (χ0) is 15.8. The van der Waals surface area contributed by atoms with Gasteiger partial charge in [0.15, 0.2) is 0 Å². The molecule has 0 spiro atoms. The molecular weight excluding hydrogens is 270 g/mol. The molecule has 1 aromatic rings. The molecule has 0 aliphatic heterocycles. The van der Waals surface area contributed by atoms with Crippen LogP contribution in [0.3, 0.4) is 0 Å². The predicted octanol–water partition coefficient (Wildman–Crippen LogP) is 3.02. The summed E-state index contributed by atoms with van der Waals surface area (Å²) in [6.07, 6.45) is 0. The van der Waals surface area contributed by atoms with Gasteiger partial charge in [-0.2, -0.15) is 0 Å². The Morgan fingerprint density at radius 1 is 0.900 bits per heavy atom. The van der Waals surface area contributed by atoms with E-state index >= 15 is 0 Å². The quantitative estimate of drug-likeness (QED) is 0.619. The monoisotopic (exact) mass is 283 g/mol. The summed E-state index contributed by atoms with van der Waals surface area (Å²) in [4.78, 5) is 30.1. The van der Waals surface area contributed by atoms with Gasteiger partial charge in [0.1, 0.15) is 0 Å². The molecule has 0 amide bonds. The van der Waals surface area contributed by atoms with Gasteiger partial charge >= 0.3 is 17.1 Å². The van der Waals surface area contributed by atoms with Crippen molar-refractivity contribution in [3.05, 3.63) is 47.5 Å². The van der Waals surface area contributed by atoms with Gasteiger partial charge in [0, 0.05) is 11.6 Å². The molecule has 0 aliphatic carbocycles. The van der Waals surface area contributed by atoms with Crippen molar-refractivity contribution in [2.75, 3.05) is 0 Å². The first kappa shape index (κ1) is 15.5. The van der Waals surface area contributed by atoms with Gasteiger partial charge in [-0.05, 0) is 17.9 Å². The third-order valence-corrected chi connectivity index (χ3v) is 2.76. The van der Waals surface area contributed by atoms with Crippen LogP contribution in [-0.2, 0) is 5.41 Å². The largest absolute Gasteiger partial charge is 0.422 e. The maximum Gasteiger partial charge on any atom is 0.422 e. The van der Waals surface area contributed by atoms with Crippen LogP contribution in [0.5, 0.6) is 0 Å². The maximum absolute atomic E-state index is 11.2. The standard InChI is InChI=1S/C11H13N3O6/c1-6-5-7(12(15)16)9(13(17)18)10(14(19)20)8(6)11(2,3)4/h5H,1-4H3. The average molecular weight is 283 g/mol. The molecule has 0 heterocycles. The lowest BCUT2D eigenvalue weighted by molar-refractivity contribution is -0.441. The highest BCUT2D eigenvalue weighted by atomic mass is 16.6. The minimum Gasteiger partial charge on any atom is -0.258 e. The minimum absolute atomic E-state index is 0.125. The van der Waals surface area contributed by atoms with Crippen LogP contribution < -0.4 is 0 Å². The van der Waals surface area contributed by atoms with Gasteiger partial charge < -0.3 is 0 Å². The number of hydrogen-bond acceptors (Lipinski definition) is 6. The van der Waals surface area contributed by atoms with Crippen molar-refractivity contribution >= 4 is 17.1 Å². The van der Waals surface area contributed by atoms with E-state index in [1.165, 1.54) is 6.92 Å². The second-order valence-electron chi connectivity index (χ2n) is 5.31. The molecule has 0 unspecified atom stereocenters. The lowest BCUT2D eigenvalue weighted by Gasteiger charge is -2.20. The van der Waals surface area contributed by atoms with Gasteiger partial charge in [-0.15, -0.1) is 0 Å². The summed E-state index contributed by atoms with van der Waals surface area (Å²) in [6.45, 7) is 6.41. The van der Waals surface area contributed by atoms with Crippen LogP contribution in [-0.4, -0.2) is 14.8 Å². The number of hydrogen-bond donors (Lipinski definition) is 0. The van der Waals surface area contributed by atoms with Crippen LogP contribution in [0, 0.1) is 37.3 Å². The van der Waals surface area contributed by atoms with E-state index in [4.69, 9.17) is 0 Å². The van der Waals surface area contributed by atoms with Crippen LogP contribution in [0.2, 0.25) is 0 Å².